The summed E-state index contributed by atoms with van der Waals surface area (Å²) in [7, 11) is 1.39. The van der Waals surface area contributed by atoms with Gasteiger partial charge in [0.1, 0.15) is 5.57 Å². The molecule has 2 amide bonds. The number of phenols is 1. The number of carbonyl (C=O) groups excluding carboxylic acids is 2. The summed E-state index contributed by atoms with van der Waals surface area (Å²) in [5.41, 5.74) is 4.31. The molecule has 2 N–H and O–H groups in total. The number of methoxy groups -OCH3 is 1. The van der Waals surface area contributed by atoms with Gasteiger partial charge in [0.2, 0.25) is 0 Å². The van der Waals surface area contributed by atoms with Crippen molar-refractivity contribution in [1.29, 1.82) is 0 Å². The van der Waals surface area contributed by atoms with Crippen LogP contribution in [0, 0.1) is 0 Å². The van der Waals surface area contributed by atoms with Crippen molar-refractivity contribution in [2.75, 3.05) is 12.1 Å². The number of phenolic OH excluding ortho intramolecular Hbond substituents is 1. The molecule has 0 radical (unpaired) electrons. The normalized spacial score (nSPS) is 15.5. The van der Waals surface area contributed by atoms with E-state index < -0.39 is 11.8 Å². The first-order chi connectivity index (χ1) is 12.4. The van der Waals surface area contributed by atoms with Crippen molar-refractivity contribution in [2.45, 2.75) is 13.3 Å². The van der Waals surface area contributed by atoms with Gasteiger partial charge in [-0.1, -0.05) is 30.7 Å². The summed E-state index contributed by atoms with van der Waals surface area (Å²) in [6, 6.07) is 10.2. The predicted molar refractivity (Wildman–Crippen MR) is 99.1 cm³/mol. The van der Waals surface area contributed by atoms with Crippen molar-refractivity contribution < 1.29 is 19.4 Å². The third kappa shape index (κ3) is 3.23. The number of hydrogen-bond donors (Lipinski definition) is 2. The van der Waals surface area contributed by atoms with Crippen LogP contribution in [-0.2, 0) is 16.0 Å². The lowest BCUT2D eigenvalue weighted by Gasteiger charge is -2.14. The fourth-order valence-electron chi connectivity index (χ4n) is 2.64. The number of ether oxygens (including phenoxy) is 1. The molecule has 7 heteroatoms. The molecule has 0 atom stereocenters. The smallest absolute Gasteiger partial charge is 0.282 e. The lowest BCUT2D eigenvalue weighted by Crippen LogP contribution is -2.35. The van der Waals surface area contributed by atoms with Gasteiger partial charge in [-0.3, -0.25) is 15.0 Å². The molecule has 0 unspecified atom stereocenters. The van der Waals surface area contributed by atoms with E-state index in [9.17, 15) is 14.7 Å². The van der Waals surface area contributed by atoms with Crippen LogP contribution in [0.25, 0.3) is 6.08 Å². The number of aryl methyl sites for hydroxylation is 1. The van der Waals surface area contributed by atoms with Gasteiger partial charge < -0.3 is 9.84 Å². The van der Waals surface area contributed by atoms with Crippen molar-refractivity contribution in [3.8, 4) is 11.5 Å². The SMILES string of the molecule is CCc1ccc(N2NC(=O)/C(=C\c3cc(Cl)cc(OC)c3O)C2=O)cc1. The Hall–Kier alpha value is -2.99. The first-order valence-electron chi connectivity index (χ1n) is 7.97. The Kier molecular flexibility index (Phi) is 4.86. The molecule has 1 saturated heterocycles. The van der Waals surface area contributed by atoms with Crippen LogP contribution in [0.5, 0.6) is 11.5 Å². The second-order valence-electron chi connectivity index (χ2n) is 5.71. The standard InChI is InChI=1S/C19H17ClN2O4/c1-3-11-4-6-14(7-5-11)22-19(25)15(18(24)21-22)9-12-8-13(20)10-16(26-2)17(12)23/h4-10,23H,3H2,1-2H3,(H,21,24)/b15-9+. The van der Waals surface area contributed by atoms with Crippen LogP contribution in [0.15, 0.2) is 42.0 Å². The Morgan fingerprint density at radius 2 is 1.92 bits per heavy atom. The third-order valence-electron chi connectivity index (χ3n) is 4.08. The zero-order valence-electron chi connectivity index (χ0n) is 14.2. The Bertz CT molecular complexity index is 907. The Labute approximate surface area is 155 Å². The summed E-state index contributed by atoms with van der Waals surface area (Å²) >= 11 is 6.00. The molecule has 0 aliphatic carbocycles. The highest BCUT2D eigenvalue weighted by Crippen LogP contribution is 2.35. The van der Waals surface area contributed by atoms with E-state index in [0.717, 1.165) is 12.0 Å². The Morgan fingerprint density at radius 3 is 2.54 bits per heavy atom. The Morgan fingerprint density at radius 1 is 1.23 bits per heavy atom. The van der Waals surface area contributed by atoms with Gasteiger partial charge in [-0.25, -0.2) is 5.01 Å². The highest BCUT2D eigenvalue weighted by molar-refractivity contribution is 6.32. The van der Waals surface area contributed by atoms with Crippen molar-refractivity contribution in [3.05, 3.63) is 58.1 Å². The molecule has 1 fully saturated rings. The zero-order chi connectivity index (χ0) is 18.8. The maximum absolute atomic E-state index is 12.7. The number of nitrogens with one attached hydrogen (secondary N) is 1. The van der Waals surface area contributed by atoms with E-state index in [0.29, 0.717) is 10.7 Å². The molecule has 2 aromatic carbocycles. The van der Waals surface area contributed by atoms with Crippen LogP contribution in [-0.4, -0.2) is 24.0 Å². The molecule has 1 aliphatic heterocycles. The average molecular weight is 373 g/mol. The lowest BCUT2D eigenvalue weighted by molar-refractivity contribution is -0.117. The van der Waals surface area contributed by atoms with E-state index >= 15 is 0 Å². The molecule has 1 aliphatic rings. The first kappa shape index (κ1) is 17.8. The molecule has 134 valence electrons. The molecule has 3 rings (SSSR count). The number of hydrazine groups is 1. The highest BCUT2D eigenvalue weighted by atomic mass is 35.5. The molecule has 0 spiro atoms. The van der Waals surface area contributed by atoms with Crippen molar-refractivity contribution in [3.63, 3.8) is 0 Å². The van der Waals surface area contributed by atoms with Gasteiger partial charge in [0.05, 0.1) is 12.8 Å². The fraction of sp³-hybridized carbons (Fsp3) is 0.158. The molecule has 0 bridgehead atoms. The molecular weight excluding hydrogens is 356 g/mol. The Balaban J connectivity index is 1.96. The van der Waals surface area contributed by atoms with Crippen molar-refractivity contribution in [2.24, 2.45) is 0 Å². The average Bonchev–Trinajstić information content (AvgIpc) is 2.92. The van der Waals surface area contributed by atoms with Crippen LogP contribution in [0.1, 0.15) is 18.1 Å². The summed E-state index contributed by atoms with van der Waals surface area (Å²) < 4.78 is 5.04. The number of rotatable bonds is 4. The molecule has 0 saturated carbocycles. The van der Waals surface area contributed by atoms with Crippen LogP contribution in [0.4, 0.5) is 5.69 Å². The minimum atomic E-state index is -0.562. The van der Waals surface area contributed by atoms with Gasteiger partial charge in [-0.15, -0.1) is 0 Å². The minimum Gasteiger partial charge on any atom is -0.504 e. The summed E-state index contributed by atoms with van der Waals surface area (Å²) in [4.78, 5) is 24.9. The minimum absolute atomic E-state index is 0.107. The number of nitrogens with zero attached hydrogens (tertiary/aromatic N) is 1. The lowest BCUT2D eigenvalue weighted by atomic mass is 10.1. The van der Waals surface area contributed by atoms with Gasteiger partial charge in [0.25, 0.3) is 11.8 Å². The van der Waals surface area contributed by atoms with E-state index in [1.54, 1.807) is 12.1 Å². The van der Waals surface area contributed by atoms with Crippen LogP contribution < -0.4 is 15.2 Å². The van der Waals surface area contributed by atoms with E-state index in [4.69, 9.17) is 16.3 Å². The number of halogens is 1. The summed E-state index contributed by atoms with van der Waals surface area (Å²) in [6.07, 6.45) is 2.17. The summed E-state index contributed by atoms with van der Waals surface area (Å²) in [5.74, 6) is -1.12. The molecule has 2 aromatic rings. The number of carbonyl (C=O) groups is 2. The number of anilines is 1. The number of amides is 2. The third-order valence-corrected chi connectivity index (χ3v) is 4.30. The maximum Gasteiger partial charge on any atom is 0.282 e. The molecule has 6 nitrogen and oxygen atoms in total. The molecule has 1 heterocycles. The maximum atomic E-state index is 12.7. The van der Waals surface area contributed by atoms with Crippen molar-refractivity contribution >= 4 is 35.2 Å². The van der Waals surface area contributed by atoms with E-state index in [1.807, 2.05) is 19.1 Å². The van der Waals surface area contributed by atoms with Gasteiger partial charge in [0.15, 0.2) is 11.5 Å². The largest absolute Gasteiger partial charge is 0.504 e. The second-order valence-corrected chi connectivity index (χ2v) is 6.14. The van der Waals surface area contributed by atoms with Crippen molar-refractivity contribution in [1.82, 2.24) is 5.43 Å². The van der Waals surface area contributed by atoms with Gasteiger partial charge >= 0.3 is 0 Å². The van der Waals surface area contributed by atoms with Crippen LogP contribution in [0.2, 0.25) is 5.02 Å². The van der Waals surface area contributed by atoms with E-state index in [1.165, 1.54) is 30.3 Å². The quantitative estimate of drug-likeness (QED) is 0.638. The first-order valence-corrected chi connectivity index (χ1v) is 8.35. The van der Waals surface area contributed by atoms with Crippen LogP contribution >= 0.6 is 11.6 Å². The van der Waals surface area contributed by atoms with Gasteiger partial charge in [-0.05, 0) is 36.3 Å². The highest BCUT2D eigenvalue weighted by Gasteiger charge is 2.34. The predicted octanol–water partition coefficient (Wildman–Crippen LogP) is 3.08. The molecule has 0 aromatic heterocycles. The zero-order valence-corrected chi connectivity index (χ0v) is 15.0. The molecule has 26 heavy (non-hydrogen) atoms. The number of hydrogen-bond acceptors (Lipinski definition) is 4. The second kappa shape index (κ2) is 7.09. The van der Waals surface area contributed by atoms with Crippen LogP contribution in [0.3, 0.4) is 0 Å². The number of aromatic hydroxyl groups is 1. The van der Waals surface area contributed by atoms with E-state index in [2.05, 4.69) is 5.43 Å². The summed E-state index contributed by atoms with van der Waals surface area (Å²) in [6.45, 7) is 2.03. The fourth-order valence-corrected chi connectivity index (χ4v) is 2.85. The monoisotopic (exact) mass is 372 g/mol. The topological polar surface area (TPSA) is 78.9 Å². The van der Waals surface area contributed by atoms with E-state index in [-0.39, 0.29) is 22.6 Å². The summed E-state index contributed by atoms with van der Waals surface area (Å²) in [5, 5.41) is 11.7. The van der Waals surface area contributed by atoms with Gasteiger partial charge in [-0.2, -0.15) is 0 Å². The van der Waals surface area contributed by atoms with Gasteiger partial charge in [0, 0.05) is 16.7 Å². The number of benzene rings is 2. The molecular formula is C19H17ClN2O4.